The molecule has 1 aromatic rings. The van der Waals surface area contributed by atoms with Crippen LogP contribution in [0.3, 0.4) is 0 Å². The highest BCUT2D eigenvalue weighted by molar-refractivity contribution is 6.03. The highest BCUT2D eigenvalue weighted by atomic mass is 16.5. The lowest BCUT2D eigenvalue weighted by Gasteiger charge is -2.09. The molecule has 0 bridgehead atoms. The molecule has 0 atom stereocenters. The Kier molecular flexibility index (Phi) is 4.31. The van der Waals surface area contributed by atoms with Crippen LogP contribution in [0.4, 0.5) is 0 Å². The summed E-state index contributed by atoms with van der Waals surface area (Å²) in [6, 6.07) is 0. The van der Waals surface area contributed by atoms with Gasteiger partial charge in [0.25, 0.3) is 0 Å². The smallest absolute Gasteiger partial charge is 0.340 e. The van der Waals surface area contributed by atoms with E-state index in [2.05, 4.69) is 4.98 Å². The van der Waals surface area contributed by atoms with E-state index in [0.717, 1.165) is 0 Å². The van der Waals surface area contributed by atoms with E-state index in [1.54, 1.807) is 27.7 Å². The summed E-state index contributed by atoms with van der Waals surface area (Å²) in [5, 5.41) is 0. The van der Waals surface area contributed by atoms with Gasteiger partial charge in [0.1, 0.15) is 0 Å². The molecule has 1 heterocycles. The standard InChI is InChI=1S/C12H17NO4/c1-7(2)16-11(14)9-5-13-6-10(9)12(15)17-8(3)4/h5-8,13H,1-4H3. The predicted molar refractivity (Wildman–Crippen MR) is 61.9 cm³/mol. The Hall–Kier alpha value is -1.78. The minimum atomic E-state index is -0.531. The van der Waals surface area contributed by atoms with Gasteiger partial charge < -0.3 is 14.5 Å². The molecule has 1 aromatic heterocycles. The first-order valence-electron chi connectivity index (χ1n) is 5.50. The number of nitrogens with one attached hydrogen (secondary N) is 1. The molecule has 1 N–H and O–H groups in total. The highest BCUT2D eigenvalue weighted by Crippen LogP contribution is 2.13. The van der Waals surface area contributed by atoms with Gasteiger partial charge in [-0.1, -0.05) is 0 Å². The number of hydrogen-bond acceptors (Lipinski definition) is 4. The summed E-state index contributed by atoms with van der Waals surface area (Å²) in [6.07, 6.45) is 2.40. The summed E-state index contributed by atoms with van der Waals surface area (Å²) in [7, 11) is 0. The topological polar surface area (TPSA) is 68.4 Å². The van der Waals surface area contributed by atoms with Gasteiger partial charge >= 0.3 is 11.9 Å². The molecule has 0 amide bonds. The summed E-state index contributed by atoms with van der Waals surface area (Å²) >= 11 is 0. The number of H-pyrrole nitrogens is 1. The maximum atomic E-state index is 11.7. The molecule has 17 heavy (non-hydrogen) atoms. The quantitative estimate of drug-likeness (QED) is 0.817. The molecule has 0 spiro atoms. The van der Waals surface area contributed by atoms with Gasteiger partial charge in [0, 0.05) is 12.4 Å². The van der Waals surface area contributed by atoms with E-state index < -0.39 is 11.9 Å². The minimum Gasteiger partial charge on any atom is -0.459 e. The van der Waals surface area contributed by atoms with E-state index >= 15 is 0 Å². The zero-order valence-electron chi connectivity index (χ0n) is 10.4. The van der Waals surface area contributed by atoms with Crippen LogP contribution in [0.25, 0.3) is 0 Å². The maximum absolute atomic E-state index is 11.7. The van der Waals surface area contributed by atoms with Crippen molar-refractivity contribution in [3.8, 4) is 0 Å². The first kappa shape index (κ1) is 13.3. The Bertz CT molecular complexity index is 370. The van der Waals surface area contributed by atoms with Crippen LogP contribution in [0.5, 0.6) is 0 Å². The highest BCUT2D eigenvalue weighted by Gasteiger charge is 2.21. The number of carbonyl (C=O) groups excluding carboxylic acids is 2. The number of rotatable bonds is 4. The van der Waals surface area contributed by atoms with Crippen LogP contribution in [0, 0.1) is 0 Å². The second-order valence-electron chi connectivity index (χ2n) is 4.19. The third-order valence-corrected chi connectivity index (χ3v) is 1.87. The van der Waals surface area contributed by atoms with E-state index in [4.69, 9.17) is 9.47 Å². The Labute approximate surface area is 100 Å². The molecule has 5 heteroatoms. The molecule has 5 nitrogen and oxygen atoms in total. The molecule has 0 saturated heterocycles. The fourth-order valence-corrected chi connectivity index (χ4v) is 1.26. The molecule has 0 aliphatic carbocycles. The lowest BCUT2D eigenvalue weighted by Crippen LogP contribution is -2.17. The van der Waals surface area contributed by atoms with E-state index in [9.17, 15) is 9.59 Å². The summed E-state index contributed by atoms with van der Waals surface area (Å²) in [6.45, 7) is 6.99. The van der Waals surface area contributed by atoms with Crippen molar-refractivity contribution in [2.75, 3.05) is 0 Å². The summed E-state index contributed by atoms with van der Waals surface area (Å²) < 4.78 is 10.0. The third-order valence-electron chi connectivity index (χ3n) is 1.87. The number of carbonyl (C=O) groups is 2. The van der Waals surface area contributed by atoms with Crippen LogP contribution in [0.15, 0.2) is 12.4 Å². The molecule has 0 radical (unpaired) electrons. The number of ether oxygens (including phenoxy) is 2. The average molecular weight is 239 g/mol. The molecule has 94 valence electrons. The number of aromatic amines is 1. The molecule has 1 rings (SSSR count). The van der Waals surface area contributed by atoms with Crippen LogP contribution >= 0.6 is 0 Å². The van der Waals surface area contributed by atoms with Gasteiger partial charge in [-0.15, -0.1) is 0 Å². The fraction of sp³-hybridized carbons (Fsp3) is 0.500. The van der Waals surface area contributed by atoms with E-state index in [1.807, 2.05) is 0 Å². The Balaban J connectivity index is 2.85. The van der Waals surface area contributed by atoms with E-state index in [-0.39, 0.29) is 23.3 Å². The summed E-state index contributed by atoms with van der Waals surface area (Å²) in [4.78, 5) is 26.1. The van der Waals surface area contributed by atoms with Crippen LogP contribution in [0.1, 0.15) is 48.4 Å². The molecule has 0 unspecified atom stereocenters. The molecule has 0 fully saturated rings. The third kappa shape index (κ3) is 3.62. The van der Waals surface area contributed by atoms with Crippen molar-refractivity contribution in [2.24, 2.45) is 0 Å². The van der Waals surface area contributed by atoms with Crippen LogP contribution < -0.4 is 0 Å². The lowest BCUT2D eigenvalue weighted by molar-refractivity contribution is 0.0329. The van der Waals surface area contributed by atoms with Gasteiger partial charge in [-0.2, -0.15) is 0 Å². The molecule has 0 saturated carbocycles. The zero-order chi connectivity index (χ0) is 13.0. The first-order chi connectivity index (χ1) is 7.91. The van der Waals surface area contributed by atoms with Crippen molar-refractivity contribution in [3.63, 3.8) is 0 Å². The molecular formula is C12H17NO4. The SMILES string of the molecule is CC(C)OC(=O)c1c[nH]cc1C(=O)OC(C)C. The zero-order valence-corrected chi connectivity index (χ0v) is 10.4. The van der Waals surface area contributed by atoms with E-state index in [1.165, 1.54) is 12.4 Å². The number of aromatic nitrogens is 1. The Morgan fingerprint density at radius 1 is 0.941 bits per heavy atom. The monoisotopic (exact) mass is 239 g/mol. The van der Waals surface area contributed by atoms with Crippen LogP contribution in [-0.4, -0.2) is 29.1 Å². The van der Waals surface area contributed by atoms with Crippen molar-refractivity contribution in [1.29, 1.82) is 0 Å². The van der Waals surface area contributed by atoms with E-state index in [0.29, 0.717) is 0 Å². The Morgan fingerprint density at radius 3 is 1.59 bits per heavy atom. The van der Waals surface area contributed by atoms with Gasteiger partial charge in [0.05, 0.1) is 23.3 Å². The molecular weight excluding hydrogens is 222 g/mol. The number of hydrogen-bond donors (Lipinski definition) is 1. The molecule has 0 aromatic carbocycles. The molecule has 0 aliphatic heterocycles. The second-order valence-corrected chi connectivity index (χ2v) is 4.19. The van der Waals surface area contributed by atoms with Crippen molar-refractivity contribution < 1.29 is 19.1 Å². The predicted octanol–water partition coefficient (Wildman–Crippen LogP) is 2.15. The van der Waals surface area contributed by atoms with Gasteiger partial charge in [0.15, 0.2) is 0 Å². The van der Waals surface area contributed by atoms with Gasteiger partial charge in [-0.25, -0.2) is 9.59 Å². The van der Waals surface area contributed by atoms with Crippen LogP contribution in [-0.2, 0) is 9.47 Å². The normalized spacial score (nSPS) is 10.7. The summed E-state index contributed by atoms with van der Waals surface area (Å²) in [5.74, 6) is -1.06. The van der Waals surface area contributed by atoms with Gasteiger partial charge in [-0.05, 0) is 27.7 Å². The second kappa shape index (κ2) is 5.52. The number of esters is 2. The lowest BCUT2D eigenvalue weighted by atomic mass is 10.2. The first-order valence-corrected chi connectivity index (χ1v) is 5.50. The largest absolute Gasteiger partial charge is 0.459 e. The van der Waals surface area contributed by atoms with Gasteiger partial charge in [-0.3, -0.25) is 0 Å². The maximum Gasteiger partial charge on any atom is 0.340 e. The minimum absolute atomic E-state index is 0.198. The van der Waals surface area contributed by atoms with Crippen molar-refractivity contribution in [2.45, 2.75) is 39.9 Å². The summed E-state index contributed by atoms with van der Waals surface area (Å²) in [5.41, 5.74) is 0.397. The van der Waals surface area contributed by atoms with Crippen molar-refractivity contribution in [1.82, 2.24) is 4.98 Å². The fourth-order valence-electron chi connectivity index (χ4n) is 1.26. The van der Waals surface area contributed by atoms with Crippen molar-refractivity contribution >= 4 is 11.9 Å². The van der Waals surface area contributed by atoms with Crippen molar-refractivity contribution in [3.05, 3.63) is 23.5 Å². The molecule has 0 aliphatic rings. The average Bonchev–Trinajstić information content (AvgIpc) is 2.63. The van der Waals surface area contributed by atoms with Crippen LogP contribution in [0.2, 0.25) is 0 Å². The van der Waals surface area contributed by atoms with Gasteiger partial charge in [0.2, 0.25) is 0 Å². The Morgan fingerprint density at radius 2 is 1.29 bits per heavy atom.